The Balaban J connectivity index is 2.03. The first-order valence-corrected chi connectivity index (χ1v) is 6.58. The molecule has 3 nitrogen and oxygen atoms in total. The zero-order chi connectivity index (χ0) is 13.2. The molecule has 18 heavy (non-hydrogen) atoms. The summed E-state index contributed by atoms with van der Waals surface area (Å²) >= 11 is 18.0. The molecule has 1 heterocycles. The number of ether oxygens (including phenoxy) is 2. The van der Waals surface area contributed by atoms with Crippen LogP contribution in [0.25, 0.3) is 0 Å². The van der Waals surface area contributed by atoms with Gasteiger partial charge in [0, 0.05) is 6.42 Å². The molecule has 0 amide bonds. The summed E-state index contributed by atoms with van der Waals surface area (Å²) in [5, 5.41) is -0.285. The normalized spacial score (nSPS) is 26.6. The molecule has 2 atom stereocenters. The Kier molecular flexibility index (Phi) is 4.38. The summed E-state index contributed by atoms with van der Waals surface area (Å²) in [6.07, 6.45) is -0.715. The van der Waals surface area contributed by atoms with Crippen molar-refractivity contribution >= 4 is 40.8 Å². The maximum Gasteiger partial charge on any atom is 0.340 e. The minimum atomic E-state index is -1.32. The summed E-state index contributed by atoms with van der Waals surface area (Å²) in [5.74, 6) is -0.528. The average Bonchev–Trinajstić information content (AvgIpc) is 2.33. The van der Waals surface area contributed by atoms with E-state index in [4.69, 9.17) is 44.3 Å². The molecule has 0 aliphatic carbocycles. The summed E-state index contributed by atoms with van der Waals surface area (Å²) in [6.45, 7) is 0.246. The van der Waals surface area contributed by atoms with Crippen LogP contribution in [0.15, 0.2) is 30.3 Å². The molecule has 1 aromatic carbocycles. The number of esters is 1. The highest BCUT2D eigenvalue weighted by atomic mass is 35.5. The van der Waals surface area contributed by atoms with Crippen LogP contribution < -0.4 is 0 Å². The number of hydrogen-bond donors (Lipinski definition) is 0. The molecule has 0 N–H and O–H groups in total. The molecule has 2 rings (SSSR count). The number of rotatable bonds is 2. The summed E-state index contributed by atoms with van der Waals surface area (Å²) < 4.78 is 9.09. The van der Waals surface area contributed by atoms with Crippen LogP contribution in [-0.4, -0.2) is 28.6 Å². The maximum absolute atomic E-state index is 11.8. The van der Waals surface area contributed by atoms with Crippen molar-refractivity contribution in [3.8, 4) is 0 Å². The molecule has 1 aliphatic heterocycles. The van der Waals surface area contributed by atoms with Gasteiger partial charge >= 0.3 is 5.97 Å². The lowest BCUT2D eigenvalue weighted by atomic mass is 10.2. The molecule has 1 fully saturated rings. The Morgan fingerprint density at radius 2 is 2.00 bits per heavy atom. The highest BCUT2D eigenvalue weighted by Gasteiger charge is 2.44. The molecule has 2 unspecified atom stereocenters. The fourth-order valence-corrected chi connectivity index (χ4v) is 2.69. The van der Waals surface area contributed by atoms with Crippen molar-refractivity contribution < 1.29 is 14.3 Å². The molecule has 0 bridgehead atoms. The maximum atomic E-state index is 11.8. The molecule has 1 aromatic rings. The van der Waals surface area contributed by atoms with Gasteiger partial charge in [0.05, 0.1) is 17.5 Å². The van der Waals surface area contributed by atoms with Gasteiger partial charge in [0.15, 0.2) is 4.33 Å². The Morgan fingerprint density at radius 1 is 1.33 bits per heavy atom. The zero-order valence-corrected chi connectivity index (χ0v) is 11.6. The standard InChI is InChI=1S/C12H11Cl3O3/c13-9-6-12(14,15)11(17-7-9)18-10(16)8-4-2-1-3-5-8/h1-5,9,11H,6-7H2. The van der Waals surface area contributed by atoms with Crippen molar-refractivity contribution in [3.63, 3.8) is 0 Å². The monoisotopic (exact) mass is 308 g/mol. The molecule has 1 saturated heterocycles. The van der Waals surface area contributed by atoms with Gasteiger partial charge in [-0.2, -0.15) is 0 Å². The smallest absolute Gasteiger partial charge is 0.340 e. The molecule has 1 aliphatic rings. The van der Waals surface area contributed by atoms with Gasteiger partial charge in [0.25, 0.3) is 0 Å². The number of carbonyl (C=O) groups excluding carboxylic acids is 1. The van der Waals surface area contributed by atoms with Crippen LogP contribution >= 0.6 is 34.8 Å². The first-order valence-electron chi connectivity index (χ1n) is 5.38. The largest absolute Gasteiger partial charge is 0.429 e. The molecule has 0 aromatic heterocycles. The van der Waals surface area contributed by atoms with Gasteiger partial charge in [0.2, 0.25) is 6.29 Å². The first-order chi connectivity index (χ1) is 8.49. The van der Waals surface area contributed by atoms with Gasteiger partial charge in [-0.15, -0.1) is 11.6 Å². The number of carbonyl (C=O) groups is 1. The van der Waals surface area contributed by atoms with E-state index in [1.54, 1.807) is 30.3 Å². The van der Waals surface area contributed by atoms with Gasteiger partial charge in [-0.1, -0.05) is 41.4 Å². The second kappa shape index (κ2) is 5.66. The minimum Gasteiger partial charge on any atom is -0.429 e. The quantitative estimate of drug-likeness (QED) is 0.620. The molecule has 0 radical (unpaired) electrons. The third-order valence-electron chi connectivity index (χ3n) is 2.49. The summed E-state index contributed by atoms with van der Waals surface area (Å²) in [6, 6.07) is 8.56. The Bertz CT molecular complexity index is 422. The third-order valence-corrected chi connectivity index (χ3v) is 3.44. The molecule has 0 spiro atoms. The molecule has 6 heteroatoms. The lowest BCUT2D eigenvalue weighted by molar-refractivity contribution is -0.135. The van der Waals surface area contributed by atoms with E-state index < -0.39 is 16.6 Å². The lowest BCUT2D eigenvalue weighted by Gasteiger charge is -2.35. The lowest BCUT2D eigenvalue weighted by Crippen LogP contribution is -2.45. The van der Waals surface area contributed by atoms with Crippen LogP contribution in [0.1, 0.15) is 16.8 Å². The van der Waals surface area contributed by atoms with Crippen molar-refractivity contribution in [2.24, 2.45) is 0 Å². The van der Waals surface area contributed by atoms with Crippen molar-refractivity contribution in [1.29, 1.82) is 0 Å². The van der Waals surface area contributed by atoms with Crippen molar-refractivity contribution in [1.82, 2.24) is 0 Å². The van der Waals surface area contributed by atoms with Gasteiger partial charge < -0.3 is 9.47 Å². The van der Waals surface area contributed by atoms with E-state index >= 15 is 0 Å². The van der Waals surface area contributed by atoms with Gasteiger partial charge in [-0.05, 0) is 12.1 Å². The first kappa shape index (κ1) is 13.9. The van der Waals surface area contributed by atoms with Crippen LogP contribution in [0.4, 0.5) is 0 Å². The van der Waals surface area contributed by atoms with Crippen molar-refractivity contribution in [2.45, 2.75) is 22.4 Å². The van der Waals surface area contributed by atoms with Crippen LogP contribution in [0.3, 0.4) is 0 Å². The summed E-state index contributed by atoms with van der Waals surface area (Å²) in [4.78, 5) is 11.8. The van der Waals surface area contributed by atoms with E-state index in [2.05, 4.69) is 0 Å². The van der Waals surface area contributed by atoms with Crippen LogP contribution in [0, 0.1) is 0 Å². The predicted molar refractivity (Wildman–Crippen MR) is 70.3 cm³/mol. The fraction of sp³-hybridized carbons (Fsp3) is 0.417. The highest BCUT2D eigenvalue weighted by molar-refractivity contribution is 6.49. The molecular formula is C12H11Cl3O3. The van der Waals surface area contributed by atoms with Gasteiger partial charge in [-0.3, -0.25) is 0 Å². The summed E-state index contributed by atoms with van der Waals surface area (Å²) in [5.41, 5.74) is 0.415. The highest BCUT2D eigenvalue weighted by Crippen LogP contribution is 2.38. The van der Waals surface area contributed by atoms with Gasteiger partial charge in [0.1, 0.15) is 0 Å². The Hall–Kier alpha value is -0.480. The van der Waals surface area contributed by atoms with Crippen LogP contribution in [-0.2, 0) is 9.47 Å². The van der Waals surface area contributed by atoms with Crippen molar-refractivity contribution in [2.75, 3.05) is 6.61 Å². The van der Waals surface area contributed by atoms with Crippen molar-refractivity contribution in [3.05, 3.63) is 35.9 Å². The van der Waals surface area contributed by atoms with E-state index in [0.29, 0.717) is 12.0 Å². The molecular weight excluding hydrogens is 298 g/mol. The van der Waals surface area contributed by atoms with Gasteiger partial charge in [-0.25, -0.2) is 4.79 Å². The topological polar surface area (TPSA) is 35.5 Å². The zero-order valence-electron chi connectivity index (χ0n) is 9.31. The second-order valence-electron chi connectivity index (χ2n) is 4.00. The van der Waals surface area contributed by atoms with E-state index in [1.165, 1.54) is 0 Å². The second-order valence-corrected chi connectivity index (χ2v) is 6.16. The number of hydrogen-bond acceptors (Lipinski definition) is 3. The number of benzene rings is 1. The SMILES string of the molecule is O=C(OC1OCC(Cl)CC1(Cl)Cl)c1ccccc1. The third kappa shape index (κ3) is 3.29. The predicted octanol–water partition coefficient (Wildman–Crippen LogP) is 3.37. The Labute approximate surface area is 120 Å². The van der Waals surface area contributed by atoms with E-state index in [-0.39, 0.29) is 12.0 Å². The molecule has 0 saturated carbocycles. The minimum absolute atomic E-state index is 0.246. The molecule has 98 valence electrons. The fourth-order valence-electron chi connectivity index (χ4n) is 1.62. The van der Waals surface area contributed by atoms with E-state index in [1.807, 2.05) is 0 Å². The van der Waals surface area contributed by atoms with E-state index in [9.17, 15) is 4.79 Å². The van der Waals surface area contributed by atoms with Crippen LogP contribution in [0.5, 0.6) is 0 Å². The number of alkyl halides is 3. The number of halogens is 3. The Morgan fingerprint density at radius 3 is 2.61 bits per heavy atom. The van der Waals surface area contributed by atoms with Crippen LogP contribution in [0.2, 0.25) is 0 Å². The van der Waals surface area contributed by atoms with E-state index in [0.717, 1.165) is 0 Å². The average molecular weight is 310 g/mol. The summed E-state index contributed by atoms with van der Waals surface area (Å²) in [7, 11) is 0.